The van der Waals surface area contributed by atoms with Crippen molar-refractivity contribution in [1.29, 1.82) is 0 Å². The van der Waals surface area contributed by atoms with Crippen LogP contribution in [0.2, 0.25) is 5.02 Å². The van der Waals surface area contributed by atoms with Gasteiger partial charge >= 0.3 is 5.97 Å². The van der Waals surface area contributed by atoms with Crippen LogP contribution in [0.25, 0.3) is 5.76 Å². The Kier molecular flexibility index (Phi) is 6.75. The fraction of sp³-hybridized carbons (Fsp3) is 0.154. The number of rotatable bonds is 6. The molecule has 172 valence electrons. The van der Waals surface area contributed by atoms with Crippen molar-refractivity contribution in [2.24, 2.45) is 0 Å². The summed E-state index contributed by atoms with van der Waals surface area (Å²) in [6, 6.07) is 16.6. The summed E-state index contributed by atoms with van der Waals surface area (Å²) in [5.41, 5.74) is 1.36. The number of anilines is 1. The van der Waals surface area contributed by atoms with Gasteiger partial charge in [0.25, 0.3) is 11.7 Å². The highest BCUT2D eigenvalue weighted by molar-refractivity contribution is 6.51. The molecule has 1 atom stereocenters. The number of benzene rings is 2. The van der Waals surface area contributed by atoms with Crippen molar-refractivity contribution in [3.63, 3.8) is 0 Å². The molecule has 1 aliphatic heterocycles. The molecule has 0 radical (unpaired) electrons. The van der Waals surface area contributed by atoms with Crippen molar-refractivity contribution >= 4 is 40.7 Å². The van der Waals surface area contributed by atoms with E-state index in [0.717, 1.165) is 0 Å². The number of ketones is 1. The van der Waals surface area contributed by atoms with Crippen molar-refractivity contribution in [3.8, 4) is 0 Å². The number of pyridine rings is 1. The Bertz CT molecular complexity index is 1250. The molecule has 0 aliphatic carbocycles. The molecule has 0 spiro atoms. The van der Waals surface area contributed by atoms with E-state index in [4.69, 9.17) is 16.3 Å². The fourth-order valence-electron chi connectivity index (χ4n) is 3.72. The van der Waals surface area contributed by atoms with E-state index >= 15 is 0 Å². The average molecular weight is 477 g/mol. The molecule has 8 heteroatoms. The van der Waals surface area contributed by atoms with Gasteiger partial charge in [-0.2, -0.15) is 0 Å². The number of amides is 1. The van der Waals surface area contributed by atoms with Gasteiger partial charge in [-0.1, -0.05) is 24.6 Å². The number of aliphatic hydroxyl groups excluding tert-OH is 1. The van der Waals surface area contributed by atoms with Gasteiger partial charge in [-0.05, 0) is 67.1 Å². The Labute approximate surface area is 201 Å². The molecule has 2 heterocycles. The van der Waals surface area contributed by atoms with Gasteiger partial charge in [0.1, 0.15) is 11.8 Å². The van der Waals surface area contributed by atoms with Gasteiger partial charge < -0.3 is 9.84 Å². The van der Waals surface area contributed by atoms with Crippen LogP contribution < -0.4 is 4.90 Å². The lowest BCUT2D eigenvalue weighted by molar-refractivity contribution is -0.132. The quantitative estimate of drug-likeness (QED) is 0.234. The topological polar surface area (TPSA) is 96.8 Å². The van der Waals surface area contributed by atoms with Crippen molar-refractivity contribution in [2.75, 3.05) is 11.5 Å². The van der Waals surface area contributed by atoms with Crippen LogP contribution >= 0.6 is 11.6 Å². The molecule has 1 unspecified atom stereocenters. The van der Waals surface area contributed by atoms with Crippen molar-refractivity contribution in [1.82, 2.24) is 4.98 Å². The van der Waals surface area contributed by atoms with Gasteiger partial charge in [0.15, 0.2) is 0 Å². The molecule has 1 fully saturated rings. The van der Waals surface area contributed by atoms with Crippen LogP contribution in [0, 0.1) is 0 Å². The number of halogens is 1. The van der Waals surface area contributed by atoms with Gasteiger partial charge in [0, 0.05) is 22.5 Å². The maximum Gasteiger partial charge on any atom is 0.338 e. The summed E-state index contributed by atoms with van der Waals surface area (Å²) >= 11 is 5.95. The van der Waals surface area contributed by atoms with E-state index in [9.17, 15) is 19.5 Å². The fourth-order valence-corrected chi connectivity index (χ4v) is 3.84. The molecule has 1 aliphatic rings. The first kappa shape index (κ1) is 23.2. The SMILES string of the molecule is CCCOC(=O)c1ccc(N2C(=O)C(=O)/C(=C(/O)c3ccc(Cl)cc3)C2c2ccccn2)cc1. The molecule has 1 N–H and O–H groups in total. The minimum Gasteiger partial charge on any atom is -0.507 e. The van der Waals surface area contributed by atoms with E-state index in [2.05, 4.69) is 4.98 Å². The van der Waals surface area contributed by atoms with Crippen LogP contribution in [0.15, 0.2) is 78.5 Å². The lowest BCUT2D eigenvalue weighted by Gasteiger charge is -2.24. The zero-order valence-electron chi connectivity index (χ0n) is 18.3. The van der Waals surface area contributed by atoms with Gasteiger partial charge in [0.2, 0.25) is 0 Å². The van der Waals surface area contributed by atoms with E-state index in [0.29, 0.717) is 40.6 Å². The molecule has 3 aromatic rings. The maximum absolute atomic E-state index is 13.1. The monoisotopic (exact) mass is 476 g/mol. The minimum absolute atomic E-state index is 0.0857. The highest BCUT2D eigenvalue weighted by Crippen LogP contribution is 2.41. The number of aromatic nitrogens is 1. The third kappa shape index (κ3) is 4.43. The number of aliphatic hydroxyl groups is 1. The Morgan fingerprint density at radius 3 is 2.32 bits per heavy atom. The molecular weight excluding hydrogens is 456 g/mol. The minimum atomic E-state index is -0.963. The van der Waals surface area contributed by atoms with Crippen molar-refractivity contribution in [2.45, 2.75) is 19.4 Å². The molecule has 1 saturated heterocycles. The molecule has 7 nitrogen and oxygen atoms in total. The highest BCUT2D eigenvalue weighted by Gasteiger charge is 2.47. The first-order valence-electron chi connectivity index (χ1n) is 10.7. The number of carbonyl (C=O) groups is 3. The summed E-state index contributed by atoms with van der Waals surface area (Å²) in [6.45, 7) is 2.20. The molecular formula is C26H21ClN2O5. The second-order valence-corrected chi connectivity index (χ2v) is 8.05. The molecule has 1 aromatic heterocycles. The standard InChI is InChI=1S/C26H21ClN2O5/c1-2-15-34-26(33)17-8-12-19(13-9-17)29-22(20-5-3-4-14-28-20)21(24(31)25(29)32)23(30)16-6-10-18(27)11-7-16/h3-14,22,30H,2,15H2,1H3/b23-21+. The summed E-state index contributed by atoms with van der Waals surface area (Å²) in [7, 11) is 0. The lowest BCUT2D eigenvalue weighted by Crippen LogP contribution is -2.29. The number of esters is 1. The van der Waals surface area contributed by atoms with E-state index < -0.39 is 23.7 Å². The predicted octanol–water partition coefficient (Wildman–Crippen LogP) is 4.93. The van der Waals surface area contributed by atoms with Crippen LogP contribution in [-0.2, 0) is 14.3 Å². The number of ether oxygens (including phenoxy) is 1. The van der Waals surface area contributed by atoms with E-state index in [-0.39, 0.29) is 11.3 Å². The molecule has 0 bridgehead atoms. The first-order chi connectivity index (χ1) is 16.4. The van der Waals surface area contributed by atoms with Crippen molar-refractivity contribution < 1.29 is 24.2 Å². The van der Waals surface area contributed by atoms with Crippen LogP contribution in [0.4, 0.5) is 5.69 Å². The van der Waals surface area contributed by atoms with E-state index in [1.165, 1.54) is 17.0 Å². The third-order valence-corrected chi connectivity index (χ3v) is 5.60. The van der Waals surface area contributed by atoms with Crippen LogP contribution in [0.1, 0.15) is 41.0 Å². The Hall–Kier alpha value is -3.97. The number of nitrogens with zero attached hydrogens (tertiary/aromatic N) is 2. The molecule has 34 heavy (non-hydrogen) atoms. The Morgan fingerprint density at radius 1 is 1.03 bits per heavy atom. The van der Waals surface area contributed by atoms with E-state index in [1.54, 1.807) is 60.8 Å². The molecule has 2 aromatic carbocycles. The van der Waals surface area contributed by atoms with Gasteiger partial charge in [-0.15, -0.1) is 0 Å². The summed E-state index contributed by atoms with van der Waals surface area (Å²) in [5, 5.41) is 11.5. The van der Waals surface area contributed by atoms with E-state index in [1.807, 2.05) is 6.92 Å². The van der Waals surface area contributed by atoms with Crippen LogP contribution in [0.3, 0.4) is 0 Å². The first-order valence-corrected chi connectivity index (χ1v) is 11.0. The number of hydrogen-bond acceptors (Lipinski definition) is 6. The number of Topliss-reactive ketones (excluding diaryl/α,β-unsaturated/α-hetero) is 1. The third-order valence-electron chi connectivity index (χ3n) is 5.35. The largest absolute Gasteiger partial charge is 0.507 e. The summed E-state index contributed by atoms with van der Waals surface area (Å²) < 4.78 is 5.14. The van der Waals surface area contributed by atoms with Gasteiger partial charge in [-0.25, -0.2) is 4.79 Å². The van der Waals surface area contributed by atoms with Crippen molar-refractivity contribution in [3.05, 3.63) is 100 Å². The zero-order chi connectivity index (χ0) is 24.2. The van der Waals surface area contributed by atoms with Crippen LogP contribution in [-0.4, -0.2) is 34.4 Å². The second kappa shape index (κ2) is 9.89. The smallest absolute Gasteiger partial charge is 0.338 e. The Balaban J connectivity index is 1.80. The lowest BCUT2D eigenvalue weighted by atomic mass is 9.98. The molecule has 4 rings (SSSR count). The average Bonchev–Trinajstić information content (AvgIpc) is 3.13. The number of hydrogen-bond donors (Lipinski definition) is 1. The maximum atomic E-state index is 13.1. The zero-order valence-corrected chi connectivity index (χ0v) is 19.0. The predicted molar refractivity (Wildman–Crippen MR) is 127 cm³/mol. The summed E-state index contributed by atoms with van der Waals surface area (Å²) in [6.07, 6.45) is 2.25. The molecule has 1 amide bonds. The summed E-state index contributed by atoms with van der Waals surface area (Å²) in [5.74, 6) is -2.45. The highest BCUT2D eigenvalue weighted by atomic mass is 35.5. The normalized spacial score (nSPS) is 17.1. The van der Waals surface area contributed by atoms with Gasteiger partial charge in [-0.3, -0.25) is 19.5 Å². The molecule has 0 saturated carbocycles. The van der Waals surface area contributed by atoms with Crippen LogP contribution in [0.5, 0.6) is 0 Å². The summed E-state index contributed by atoms with van der Waals surface area (Å²) in [4.78, 5) is 44.0. The van der Waals surface area contributed by atoms with Gasteiger partial charge in [0.05, 0.1) is 23.4 Å². The second-order valence-electron chi connectivity index (χ2n) is 7.61. The number of carbonyl (C=O) groups excluding carboxylic acids is 3. The Morgan fingerprint density at radius 2 is 1.71 bits per heavy atom.